The van der Waals surface area contributed by atoms with E-state index in [2.05, 4.69) is 20.6 Å². The molecule has 65 heavy (non-hydrogen) atoms. The topological polar surface area (TPSA) is 180 Å². The van der Waals surface area contributed by atoms with Gasteiger partial charge < -0.3 is 39.0 Å². The van der Waals surface area contributed by atoms with Crippen LogP contribution >= 0.6 is 23.5 Å². The average Bonchev–Trinajstić information content (AvgIpc) is 3.98. The number of amides is 1. The summed E-state index contributed by atoms with van der Waals surface area (Å²) in [5.41, 5.74) is -4.18. The highest BCUT2D eigenvalue weighted by atomic mass is 32.2. The molecule has 6 rings (SSSR count). The third kappa shape index (κ3) is 11.7. The van der Waals surface area contributed by atoms with Gasteiger partial charge in [-0.2, -0.15) is 3.89 Å². The smallest absolute Gasteiger partial charge is 0.410 e. The molecule has 364 valence electrons. The number of carbonyl (C=O) groups excluding carboxylic acids is 3. The van der Waals surface area contributed by atoms with Gasteiger partial charge in [0.2, 0.25) is 0 Å². The summed E-state index contributed by atoms with van der Waals surface area (Å²) in [6, 6.07) is 6.56. The number of halogens is 2. The van der Waals surface area contributed by atoms with E-state index in [-0.39, 0.29) is 36.6 Å². The molecule has 3 aromatic rings. The number of aromatic nitrogens is 4. The fraction of sp³-hybridized carbons (Fsp3) is 0.733. The van der Waals surface area contributed by atoms with E-state index < -0.39 is 77.3 Å². The van der Waals surface area contributed by atoms with Gasteiger partial charge in [0.25, 0.3) is 5.67 Å². The maximum Gasteiger partial charge on any atom is 0.410 e. The van der Waals surface area contributed by atoms with E-state index in [1.54, 1.807) is 41.7 Å². The van der Waals surface area contributed by atoms with Crippen molar-refractivity contribution in [2.75, 3.05) is 40.6 Å². The number of para-hydroxylation sites is 1. The van der Waals surface area contributed by atoms with Crippen LogP contribution in [0, 0.1) is 11.8 Å². The molecule has 0 radical (unpaired) electrons. The Hall–Kier alpha value is -3.37. The molecule has 3 saturated heterocycles. The Morgan fingerprint density at radius 3 is 2.42 bits per heavy atom. The largest absolute Gasteiger partial charge is 0.455 e. The molecule has 2 N–H and O–H groups in total. The standard InChI is InChI=1S/C44H66FN7O9S.CH3FS/c1-12-33-44(8)35(52(41(56)61-44)20-16-15-19-51-24-30(48-49-51)38-47-29-17-13-14-18-32(29)62-38)28(5)46-23-25(2)22-42(6,57-11)37(27(4)36(54)43(7,45)40(55)59-33)60-39-34(53)31(50(9)10)21-26(3)58-39;1-3-2/h13-14,17-18,24-28,31,33-35,37,39,46,53H,12,15-16,19-23H2,1-11H3;1H3/t25-,26?,27-,28-,31?,33-,34?,35-,37-,39+,42-,43?,44-;/m1./s1. The van der Waals surface area contributed by atoms with Crippen molar-refractivity contribution in [2.24, 2.45) is 11.8 Å². The number of aliphatic hydroxyl groups excluding tert-OH is 1. The number of ether oxygens (including phenoxy) is 5. The van der Waals surface area contributed by atoms with Crippen molar-refractivity contribution in [3.63, 3.8) is 0 Å². The Morgan fingerprint density at radius 2 is 1.77 bits per heavy atom. The Balaban J connectivity index is 0.00000257. The van der Waals surface area contributed by atoms with Crippen LogP contribution in [0.1, 0.15) is 87.5 Å². The zero-order chi connectivity index (χ0) is 48.0. The number of rotatable bonds is 11. The summed E-state index contributed by atoms with van der Waals surface area (Å²) in [5, 5.41) is 24.5. The molecule has 3 aliphatic heterocycles. The van der Waals surface area contributed by atoms with Gasteiger partial charge in [-0.05, 0) is 105 Å². The molecular weight excluding hydrogens is 885 g/mol. The second-order valence-electron chi connectivity index (χ2n) is 18.5. The number of likely N-dealkylation sites (N-methyl/N-ethyl adjacent to an activating group) is 1. The summed E-state index contributed by atoms with van der Waals surface area (Å²) in [4.78, 5) is 50.4. The zero-order valence-electron chi connectivity index (χ0n) is 39.8. The number of carbonyl (C=O) groups is 3. The van der Waals surface area contributed by atoms with Gasteiger partial charge in [0.1, 0.15) is 22.9 Å². The van der Waals surface area contributed by atoms with Crippen molar-refractivity contribution >= 4 is 51.5 Å². The van der Waals surface area contributed by atoms with Crippen molar-refractivity contribution in [3.8, 4) is 10.7 Å². The number of aryl methyl sites for hydroxylation is 1. The highest BCUT2D eigenvalue weighted by molar-refractivity contribution is 7.93. The van der Waals surface area contributed by atoms with E-state index in [0.717, 1.165) is 22.1 Å². The average molecular weight is 954 g/mol. The molecule has 0 saturated carbocycles. The summed E-state index contributed by atoms with van der Waals surface area (Å²) in [7, 11) is 5.21. The molecule has 0 bridgehead atoms. The van der Waals surface area contributed by atoms with Crippen LogP contribution in [-0.4, -0.2) is 159 Å². The highest BCUT2D eigenvalue weighted by Crippen LogP contribution is 2.41. The van der Waals surface area contributed by atoms with Crippen LogP contribution in [-0.2, 0) is 39.8 Å². The van der Waals surface area contributed by atoms with Gasteiger partial charge in [0.05, 0.1) is 40.3 Å². The second-order valence-corrected chi connectivity index (χ2v) is 19.9. The lowest BCUT2D eigenvalue weighted by atomic mass is 9.78. The van der Waals surface area contributed by atoms with Gasteiger partial charge >= 0.3 is 12.1 Å². The Morgan fingerprint density at radius 1 is 1.09 bits per heavy atom. The first-order chi connectivity index (χ1) is 30.6. The molecule has 16 nitrogen and oxygen atoms in total. The normalized spacial score (nSPS) is 35.2. The van der Waals surface area contributed by atoms with Crippen molar-refractivity contribution in [1.82, 2.24) is 35.1 Å². The van der Waals surface area contributed by atoms with E-state index >= 15 is 4.39 Å². The highest BCUT2D eigenvalue weighted by Gasteiger charge is 2.60. The van der Waals surface area contributed by atoms with Gasteiger partial charge in [-0.25, -0.2) is 19.0 Å². The number of benzene rings is 1. The number of esters is 1. The second kappa shape index (κ2) is 22.2. The minimum atomic E-state index is -3.13. The number of nitrogens with one attached hydrogen (secondary N) is 1. The van der Waals surface area contributed by atoms with Crippen LogP contribution in [0.5, 0.6) is 0 Å². The number of cyclic esters (lactones) is 1. The van der Waals surface area contributed by atoms with E-state index in [9.17, 15) is 23.4 Å². The Bertz CT molecular complexity index is 2030. The van der Waals surface area contributed by atoms with Gasteiger partial charge in [-0.1, -0.05) is 38.1 Å². The number of hydrogen-bond donors (Lipinski definition) is 2. The predicted molar refractivity (Wildman–Crippen MR) is 246 cm³/mol. The molecule has 13 atom stereocenters. The fourth-order valence-corrected chi connectivity index (χ4v) is 10.6. The number of fused-ring (bicyclic) bond motifs is 2. The molecule has 20 heteroatoms. The SMILES string of the molecule is CC[C@H]1OC(=O)C(C)(F)C(=O)[C@@H](C)[C@@H](O[C@@H]2OC(C)CC(N(C)C)C2O)[C@](C)(OC)C[C@@H](C)CN[C@H](C)[C@H]2N(CCCCn3cc(-c4nc5ccccc5s4)nn3)C(=O)O[C@]12C.CSF. The van der Waals surface area contributed by atoms with Gasteiger partial charge in [0.15, 0.2) is 17.7 Å². The van der Waals surface area contributed by atoms with E-state index in [1.807, 2.05) is 70.2 Å². The lowest BCUT2D eigenvalue weighted by Gasteiger charge is -2.47. The summed E-state index contributed by atoms with van der Waals surface area (Å²) >= 11 is 1.81. The number of thiazole rings is 1. The number of nitrogens with zero attached hydrogens (tertiary/aromatic N) is 6. The number of aliphatic hydroxyl groups is 1. The van der Waals surface area contributed by atoms with Crippen LogP contribution in [0.25, 0.3) is 20.9 Å². The quantitative estimate of drug-likeness (QED) is 0.119. The molecule has 0 spiro atoms. The number of ketones is 1. The van der Waals surface area contributed by atoms with Crippen molar-refractivity contribution in [1.29, 1.82) is 0 Å². The molecule has 5 heterocycles. The third-order valence-corrected chi connectivity index (χ3v) is 14.2. The van der Waals surface area contributed by atoms with Crippen LogP contribution in [0.3, 0.4) is 0 Å². The molecule has 1 aromatic carbocycles. The number of methoxy groups -OCH3 is 1. The first-order valence-electron chi connectivity index (χ1n) is 22.4. The van der Waals surface area contributed by atoms with Crippen LogP contribution in [0.4, 0.5) is 13.1 Å². The first kappa shape index (κ1) is 52.6. The van der Waals surface area contributed by atoms with E-state index in [0.29, 0.717) is 51.0 Å². The summed E-state index contributed by atoms with van der Waals surface area (Å²) < 4.78 is 61.0. The minimum absolute atomic E-state index is 0.115. The minimum Gasteiger partial charge on any atom is -0.455 e. The maximum atomic E-state index is 17.0. The Labute approximate surface area is 390 Å². The number of hydrogen-bond acceptors (Lipinski definition) is 16. The van der Waals surface area contributed by atoms with Crippen LogP contribution in [0.15, 0.2) is 30.5 Å². The first-order valence-corrected chi connectivity index (χ1v) is 24.4. The monoisotopic (exact) mass is 953 g/mol. The van der Waals surface area contributed by atoms with Crippen molar-refractivity contribution in [2.45, 2.75) is 160 Å². The number of unbranched alkanes of at least 4 members (excludes halogenated alkanes) is 1. The van der Waals surface area contributed by atoms with Gasteiger partial charge in [0, 0.05) is 56.6 Å². The summed E-state index contributed by atoms with van der Waals surface area (Å²) in [5.74, 6) is -3.85. The molecular formula is C45H69F2N7O9S2. The van der Waals surface area contributed by atoms with E-state index in [1.165, 1.54) is 20.3 Å². The molecule has 2 aromatic heterocycles. The van der Waals surface area contributed by atoms with Gasteiger partial charge in [-0.3, -0.25) is 14.4 Å². The molecule has 0 aliphatic carbocycles. The molecule has 3 aliphatic rings. The Kier molecular flexibility index (Phi) is 17.9. The molecule has 1 amide bonds. The van der Waals surface area contributed by atoms with Gasteiger partial charge in [-0.15, -0.1) is 16.4 Å². The van der Waals surface area contributed by atoms with Crippen LogP contribution < -0.4 is 5.32 Å². The van der Waals surface area contributed by atoms with Crippen LogP contribution in [0.2, 0.25) is 0 Å². The number of Topliss-reactive ketones (excluding diaryl/α,β-unsaturated/α-hetero) is 1. The lowest BCUT2D eigenvalue weighted by Crippen LogP contribution is -2.61. The lowest BCUT2D eigenvalue weighted by molar-refractivity contribution is -0.295. The van der Waals surface area contributed by atoms with Crippen molar-refractivity contribution < 1.29 is 51.5 Å². The summed E-state index contributed by atoms with van der Waals surface area (Å²) in [6.45, 7) is 14.8. The fourth-order valence-electron chi connectivity index (χ4n) is 9.71. The zero-order valence-corrected chi connectivity index (χ0v) is 41.4. The molecule has 3 fully saturated rings. The van der Waals surface area contributed by atoms with E-state index in [4.69, 9.17) is 23.7 Å². The summed E-state index contributed by atoms with van der Waals surface area (Å²) in [6.07, 6.45) is 0.145. The maximum absolute atomic E-state index is 17.0. The van der Waals surface area contributed by atoms with Crippen molar-refractivity contribution in [3.05, 3.63) is 30.5 Å². The predicted octanol–water partition coefficient (Wildman–Crippen LogP) is 6.64. The third-order valence-electron chi connectivity index (χ3n) is 13.2. The number of alkyl halides is 1. The molecule has 4 unspecified atom stereocenters.